The van der Waals surface area contributed by atoms with Crippen LogP contribution >= 0.6 is 23.2 Å². The fourth-order valence-electron chi connectivity index (χ4n) is 4.72. The van der Waals surface area contributed by atoms with E-state index in [0.29, 0.717) is 17.0 Å². The lowest BCUT2D eigenvalue weighted by atomic mass is 10.0. The van der Waals surface area contributed by atoms with Crippen molar-refractivity contribution in [2.24, 2.45) is 0 Å². The molecule has 0 unspecified atom stereocenters. The Morgan fingerprint density at radius 1 is 0.844 bits per heavy atom. The van der Waals surface area contributed by atoms with E-state index in [2.05, 4.69) is 5.32 Å². The number of rotatable bonds is 13. The molecule has 11 heteroatoms. The van der Waals surface area contributed by atoms with Gasteiger partial charge in [0.1, 0.15) is 18.4 Å². The Morgan fingerprint density at radius 3 is 2.09 bits per heavy atom. The SMILES string of the molecule is CC[C@@H](C)NC(=O)[C@H](Cc1ccccc1)N(Cc1ccc(Cl)c(Cl)c1)C(=O)CN(c1ccccc1F)S(=O)(=O)c1ccccc1. The van der Waals surface area contributed by atoms with Crippen molar-refractivity contribution in [3.8, 4) is 0 Å². The second-order valence-electron chi connectivity index (χ2n) is 10.6. The summed E-state index contributed by atoms with van der Waals surface area (Å²) in [4.78, 5) is 29.5. The first kappa shape index (κ1) is 34.0. The van der Waals surface area contributed by atoms with Gasteiger partial charge in [-0.25, -0.2) is 12.8 Å². The maximum atomic E-state index is 15.2. The number of carbonyl (C=O) groups excluding carboxylic acids is 2. The number of nitrogens with zero attached hydrogens (tertiary/aromatic N) is 2. The van der Waals surface area contributed by atoms with Gasteiger partial charge in [0, 0.05) is 19.0 Å². The topological polar surface area (TPSA) is 86.8 Å². The summed E-state index contributed by atoms with van der Waals surface area (Å²) in [7, 11) is -4.41. The molecule has 0 saturated heterocycles. The second-order valence-corrected chi connectivity index (χ2v) is 13.2. The highest BCUT2D eigenvalue weighted by Crippen LogP contribution is 2.28. The van der Waals surface area contributed by atoms with Crippen molar-refractivity contribution in [2.45, 2.75) is 50.2 Å². The number of amides is 2. The maximum absolute atomic E-state index is 15.2. The molecule has 7 nitrogen and oxygen atoms in total. The summed E-state index contributed by atoms with van der Waals surface area (Å²) in [5, 5.41) is 3.54. The highest BCUT2D eigenvalue weighted by atomic mass is 35.5. The second kappa shape index (κ2) is 15.4. The Labute approximate surface area is 273 Å². The van der Waals surface area contributed by atoms with E-state index in [1.165, 1.54) is 35.2 Å². The number of anilines is 1. The monoisotopic (exact) mass is 669 g/mol. The smallest absolute Gasteiger partial charge is 0.264 e. The highest BCUT2D eigenvalue weighted by Gasteiger charge is 2.35. The van der Waals surface area contributed by atoms with Crippen LogP contribution in [-0.4, -0.2) is 43.8 Å². The zero-order valence-electron chi connectivity index (χ0n) is 24.9. The minimum absolute atomic E-state index is 0.0996. The third-order valence-electron chi connectivity index (χ3n) is 7.34. The predicted molar refractivity (Wildman–Crippen MR) is 176 cm³/mol. The fraction of sp³-hybridized carbons (Fsp3) is 0.235. The average Bonchev–Trinajstić information content (AvgIpc) is 3.04. The molecule has 2 amide bonds. The number of benzene rings is 4. The molecule has 0 saturated carbocycles. The van der Waals surface area contributed by atoms with Crippen LogP contribution < -0.4 is 9.62 Å². The molecule has 0 bridgehead atoms. The molecule has 4 rings (SSSR count). The standard InChI is InChI=1S/C34H34Cl2FN3O4S/c1-3-24(2)38-34(42)32(21-25-12-6-4-7-13-25)39(22-26-18-19-28(35)29(36)20-26)33(41)23-40(31-17-11-10-16-30(31)37)45(43,44)27-14-8-5-9-15-27/h4-20,24,32H,3,21-23H2,1-2H3,(H,38,42)/t24-,32+/m1/s1. The first-order chi connectivity index (χ1) is 21.5. The number of sulfonamides is 1. The molecule has 0 spiro atoms. The van der Waals surface area contributed by atoms with Crippen LogP contribution in [0.1, 0.15) is 31.4 Å². The fourth-order valence-corrected chi connectivity index (χ4v) is 6.48. The predicted octanol–water partition coefficient (Wildman–Crippen LogP) is 6.88. The van der Waals surface area contributed by atoms with E-state index < -0.39 is 40.2 Å². The van der Waals surface area contributed by atoms with Crippen molar-refractivity contribution in [2.75, 3.05) is 10.8 Å². The van der Waals surface area contributed by atoms with Gasteiger partial charge in [-0.15, -0.1) is 0 Å². The number of para-hydroxylation sites is 1. The molecule has 0 fully saturated rings. The van der Waals surface area contributed by atoms with Gasteiger partial charge in [-0.05, 0) is 60.9 Å². The number of hydrogen-bond donors (Lipinski definition) is 1. The molecular weight excluding hydrogens is 636 g/mol. The Morgan fingerprint density at radius 2 is 1.47 bits per heavy atom. The molecule has 2 atom stereocenters. The van der Waals surface area contributed by atoms with Crippen LogP contribution in [0.25, 0.3) is 0 Å². The van der Waals surface area contributed by atoms with Gasteiger partial charge in [0.15, 0.2) is 0 Å². The number of halogens is 3. The van der Waals surface area contributed by atoms with Gasteiger partial charge in [-0.1, -0.05) is 96.9 Å². The lowest BCUT2D eigenvalue weighted by molar-refractivity contribution is -0.140. The minimum atomic E-state index is -4.41. The van der Waals surface area contributed by atoms with E-state index >= 15 is 4.39 Å². The molecule has 4 aromatic rings. The summed E-state index contributed by atoms with van der Waals surface area (Å²) in [6.07, 6.45) is 0.794. The van der Waals surface area contributed by atoms with Gasteiger partial charge in [0.25, 0.3) is 10.0 Å². The van der Waals surface area contributed by atoms with E-state index in [4.69, 9.17) is 23.2 Å². The molecule has 0 aliphatic carbocycles. The molecular formula is C34H34Cl2FN3O4S. The molecule has 1 N–H and O–H groups in total. The molecule has 45 heavy (non-hydrogen) atoms. The Bertz CT molecular complexity index is 1730. The van der Waals surface area contributed by atoms with Crippen molar-refractivity contribution in [1.82, 2.24) is 10.2 Å². The average molecular weight is 671 g/mol. The van der Waals surface area contributed by atoms with Gasteiger partial charge in [-0.3, -0.25) is 13.9 Å². The summed E-state index contributed by atoms with van der Waals surface area (Å²) >= 11 is 12.4. The van der Waals surface area contributed by atoms with E-state index in [1.54, 1.807) is 36.4 Å². The van der Waals surface area contributed by atoms with Crippen LogP contribution in [0.15, 0.2) is 108 Å². The van der Waals surface area contributed by atoms with Crippen LogP contribution in [0.4, 0.5) is 10.1 Å². The normalized spacial score (nSPS) is 12.6. The third kappa shape index (κ3) is 8.63. The molecule has 0 radical (unpaired) electrons. The van der Waals surface area contributed by atoms with Gasteiger partial charge in [0.2, 0.25) is 11.8 Å². The Kier molecular flexibility index (Phi) is 11.6. The number of carbonyl (C=O) groups is 2. The van der Waals surface area contributed by atoms with E-state index in [0.717, 1.165) is 15.9 Å². The third-order valence-corrected chi connectivity index (χ3v) is 9.85. The molecule has 0 heterocycles. The molecule has 4 aromatic carbocycles. The summed E-state index contributed by atoms with van der Waals surface area (Å²) in [5.74, 6) is -1.95. The summed E-state index contributed by atoms with van der Waals surface area (Å²) in [6, 6.07) is 25.6. The van der Waals surface area contributed by atoms with Crippen LogP contribution in [-0.2, 0) is 32.6 Å². The van der Waals surface area contributed by atoms with Gasteiger partial charge >= 0.3 is 0 Å². The molecule has 0 aromatic heterocycles. The largest absolute Gasteiger partial charge is 0.352 e. The zero-order valence-corrected chi connectivity index (χ0v) is 27.2. The maximum Gasteiger partial charge on any atom is 0.264 e. The van der Waals surface area contributed by atoms with E-state index in [1.807, 2.05) is 44.2 Å². The lowest BCUT2D eigenvalue weighted by Crippen LogP contribution is -2.54. The van der Waals surface area contributed by atoms with Crippen LogP contribution in [0.5, 0.6) is 0 Å². The first-order valence-corrected chi connectivity index (χ1v) is 16.6. The highest BCUT2D eigenvalue weighted by molar-refractivity contribution is 7.92. The summed E-state index contributed by atoms with van der Waals surface area (Å²) < 4.78 is 43.8. The minimum Gasteiger partial charge on any atom is -0.352 e. The molecule has 0 aliphatic heterocycles. The van der Waals surface area contributed by atoms with Crippen molar-refractivity contribution in [1.29, 1.82) is 0 Å². The lowest BCUT2D eigenvalue weighted by Gasteiger charge is -2.34. The zero-order chi connectivity index (χ0) is 32.6. The quantitative estimate of drug-likeness (QED) is 0.168. The summed E-state index contributed by atoms with van der Waals surface area (Å²) in [5.41, 5.74) is 1.06. The van der Waals surface area contributed by atoms with Gasteiger partial charge in [0.05, 0.1) is 20.6 Å². The van der Waals surface area contributed by atoms with E-state index in [-0.39, 0.29) is 34.6 Å². The van der Waals surface area contributed by atoms with Crippen molar-refractivity contribution in [3.05, 3.63) is 130 Å². The van der Waals surface area contributed by atoms with Crippen molar-refractivity contribution in [3.63, 3.8) is 0 Å². The Balaban J connectivity index is 1.82. The first-order valence-electron chi connectivity index (χ1n) is 14.4. The molecule has 0 aliphatic rings. The number of hydrogen-bond acceptors (Lipinski definition) is 4. The van der Waals surface area contributed by atoms with E-state index in [9.17, 15) is 18.0 Å². The summed E-state index contributed by atoms with van der Waals surface area (Å²) in [6.45, 7) is 2.91. The van der Waals surface area contributed by atoms with Crippen LogP contribution in [0.2, 0.25) is 10.0 Å². The van der Waals surface area contributed by atoms with Gasteiger partial charge in [-0.2, -0.15) is 0 Å². The van der Waals surface area contributed by atoms with Crippen LogP contribution in [0, 0.1) is 5.82 Å². The van der Waals surface area contributed by atoms with Crippen molar-refractivity contribution < 1.29 is 22.4 Å². The van der Waals surface area contributed by atoms with Crippen LogP contribution in [0.3, 0.4) is 0 Å². The number of nitrogens with one attached hydrogen (secondary N) is 1. The van der Waals surface area contributed by atoms with Gasteiger partial charge < -0.3 is 10.2 Å². The Hall–Kier alpha value is -3.92. The van der Waals surface area contributed by atoms with Crippen molar-refractivity contribution >= 4 is 50.7 Å². The molecule has 236 valence electrons.